The van der Waals surface area contributed by atoms with Crippen molar-refractivity contribution >= 4 is 123 Å². The van der Waals surface area contributed by atoms with Gasteiger partial charge in [-0.25, -0.2) is 0 Å². The Kier molecular flexibility index (Phi) is 12.7. The maximum Gasteiger partial charge on any atom is 0.252 e. The average Bonchev–Trinajstić information content (AvgIpc) is 0.823. The number of anilines is 6. The van der Waals surface area contributed by atoms with Crippen molar-refractivity contribution in [3.63, 3.8) is 0 Å². The molecule has 0 bridgehead atoms. The van der Waals surface area contributed by atoms with Gasteiger partial charge in [-0.15, -0.1) is 0 Å². The number of furan rings is 1. The van der Waals surface area contributed by atoms with Crippen molar-refractivity contribution in [3.05, 3.63) is 296 Å². The predicted molar refractivity (Wildman–Crippen MR) is 409 cm³/mol. The standard InChI is InChI=1S/C90H73BN4O/c1-88(2,3)60-47-59(48-61(50-60)89(4,5)6)58-43-45-73-80(49-58)94(77-41-26-38-70-69-35-21-24-42-84(69)96-87(70)77)82-51-62(90(7,8)9)52-83-85(82)91(73)74-46-44-64(53-81(74)95(83)86-65(56-27-13-10-14-28-56)36-25-37-66(86)57-29-15-11-16-30-57)93-76-40-23-20-34-68(76)72-54-71-67-33-19-22-39-75(67)92(78(71)55-79(72)93)63-31-17-12-18-32-63/h10-55H,1-9H3. The number of benzene rings is 13. The second-order valence-corrected chi connectivity index (χ2v) is 29.7. The molecule has 0 atom stereocenters. The van der Waals surface area contributed by atoms with E-state index in [4.69, 9.17) is 4.42 Å². The number of hydrogen-bond acceptors (Lipinski definition) is 3. The molecule has 5 heterocycles. The van der Waals surface area contributed by atoms with E-state index in [0.29, 0.717) is 0 Å². The SMILES string of the molecule is CC(C)(C)c1cc(-c2ccc3c(c2)N(c2cccc4c2oc2ccccc24)c2cc(C(C)(C)C)cc4c2B3c2ccc(-n3c5ccccc5c5cc6c7ccccc7n(-c7ccccc7)c6cc53)cc2N4c2c(-c3ccccc3)cccc2-c2ccccc2)cc(C(C)(C)C)c1. The van der Waals surface area contributed by atoms with Crippen molar-refractivity contribution in [2.24, 2.45) is 0 Å². The van der Waals surface area contributed by atoms with Gasteiger partial charge in [0.25, 0.3) is 6.71 Å². The average molecular weight is 1240 g/mol. The van der Waals surface area contributed by atoms with Crippen LogP contribution in [0.3, 0.4) is 0 Å². The van der Waals surface area contributed by atoms with Crippen molar-refractivity contribution in [2.45, 2.75) is 78.6 Å². The third-order valence-electron chi connectivity index (χ3n) is 20.7. The highest BCUT2D eigenvalue weighted by molar-refractivity contribution is 7.00. The summed E-state index contributed by atoms with van der Waals surface area (Å²) in [6, 6.07) is 105. The smallest absolute Gasteiger partial charge is 0.252 e. The monoisotopic (exact) mass is 1240 g/mol. The van der Waals surface area contributed by atoms with Crippen LogP contribution in [-0.2, 0) is 16.2 Å². The fourth-order valence-electron chi connectivity index (χ4n) is 15.8. The van der Waals surface area contributed by atoms with Crippen LogP contribution in [0.1, 0.15) is 79.0 Å². The highest BCUT2D eigenvalue weighted by Crippen LogP contribution is 2.53. The molecule has 3 aromatic heterocycles. The Balaban J connectivity index is 0.981. The number of aromatic nitrogens is 2. The van der Waals surface area contributed by atoms with Crippen LogP contribution in [0.2, 0.25) is 0 Å². The molecule has 0 fully saturated rings. The van der Waals surface area contributed by atoms with Crippen LogP contribution in [0, 0.1) is 0 Å². The summed E-state index contributed by atoms with van der Waals surface area (Å²) in [6.07, 6.45) is 0. The van der Waals surface area contributed by atoms with Crippen LogP contribution in [0.25, 0.3) is 110 Å². The van der Waals surface area contributed by atoms with Gasteiger partial charge >= 0.3 is 0 Å². The Morgan fingerprint density at radius 3 is 1.39 bits per heavy atom. The summed E-state index contributed by atoms with van der Waals surface area (Å²) in [6.45, 7) is 20.9. The predicted octanol–water partition coefficient (Wildman–Crippen LogP) is 22.8. The fraction of sp³-hybridized carbons (Fsp3) is 0.133. The summed E-state index contributed by atoms with van der Waals surface area (Å²) < 4.78 is 12.2. The lowest BCUT2D eigenvalue weighted by Crippen LogP contribution is -2.61. The first-order valence-electron chi connectivity index (χ1n) is 33.9. The Hall–Kier alpha value is -11.1. The second kappa shape index (κ2) is 21.2. The van der Waals surface area contributed by atoms with Crippen LogP contribution in [0.4, 0.5) is 34.1 Å². The molecule has 0 unspecified atom stereocenters. The molecule has 16 aromatic rings. The molecule has 0 aliphatic carbocycles. The van der Waals surface area contributed by atoms with Gasteiger partial charge in [-0.3, -0.25) is 0 Å². The Morgan fingerprint density at radius 1 is 0.292 bits per heavy atom. The summed E-state index contributed by atoms with van der Waals surface area (Å²) >= 11 is 0. The molecule has 0 saturated heterocycles. The van der Waals surface area contributed by atoms with Gasteiger partial charge in [0, 0.05) is 77.6 Å². The normalized spacial score (nSPS) is 13.2. The summed E-state index contributed by atoms with van der Waals surface area (Å²) in [4.78, 5) is 5.26. The first-order valence-corrected chi connectivity index (χ1v) is 33.9. The molecule has 13 aromatic carbocycles. The maximum absolute atomic E-state index is 7.18. The molecule has 5 nitrogen and oxygen atoms in total. The molecule has 0 radical (unpaired) electrons. The summed E-state index contributed by atoms with van der Waals surface area (Å²) in [5.74, 6) is 0. The maximum atomic E-state index is 7.18. The third-order valence-corrected chi connectivity index (χ3v) is 20.7. The molecular formula is C90H73BN4O. The van der Waals surface area contributed by atoms with Crippen LogP contribution >= 0.6 is 0 Å². The number of hydrogen-bond donors (Lipinski definition) is 0. The van der Waals surface area contributed by atoms with Crippen molar-refractivity contribution in [3.8, 4) is 44.8 Å². The largest absolute Gasteiger partial charge is 0.454 e. The first kappa shape index (κ1) is 57.6. The molecular weight excluding hydrogens is 1160 g/mol. The van der Waals surface area contributed by atoms with Gasteiger partial charge in [-0.05, 0) is 150 Å². The van der Waals surface area contributed by atoms with E-state index in [9.17, 15) is 0 Å². The van der Waals surface area contributed by atoms with Gasteiger partial charge in [0.05, 0.1) is 33.4 Å². The minimum absolute atomic E-state index is 0.0739. The first-order chi connectivity index (χ1) is 46.5. The summed E-state index contributed by atoms with van der Waals surface area (Å²) in [5, 5.41) is 7.09. The van der Waals surface area contributed by atoms with Crippen molar-refractivity contribution in [2.75, 3.05) is 9.80 Å². The summed E-state index contributed by atoms with van der Waals surface area (Å²) in [7, 11) is 0. The zero-order valence-electron chi connectivity index (χ0n) is 55.8. The van der Waals surface area contributed by atoms with Crippen LogP contribution in [0.5, 0.6) is 0 Å². The van der Waals surface area contributed by atoms with Gasteiger partial charge in [-0.1, -0.05) is 263 Å². The topological polar surface area (TPSA) is 29.5 Å². The van der Waals surface area contributed by atoms with E-state index in [1.54, 1.807) is 0 Å². The van der Waals surface area contributed by atoms with Gasteiger partial charge in [-0.2, -0.15) is 0 Å². The second-order valence-electron chi connectivity index (χ2n) is 29.7. The van der Waals surface area contributed by atoms with Crippen molar-refractivity contribution in [1.82, 2.24) is 9.13 Å². The van der Waals surface area contributed by atoms with E-state index in [1.165, 1.54) is 76.8 Å². The molecule has 462 valence electrons. The van der Waals surface area contributed by atoms with Crippen LogP contribution in [-0.4, -0.2) is 15.8 Å². The number of fused-ring (bicyclic) bond motifs is 13. The molecule has 0 N–H and O–H groups in total. The zero-order valence-corrected chi connectivity index (χ0v) is 55.8. The molecule has 2 aliphatic rings. The lowest BCUT2D eigenvalue weighted by atomic mass is 9.33. The van der Waals surface area contributed by atoms with E-state index in [1.807, 2.05) is 0 Å². The number of nitrogens with zero attached hydrogens (tertiary/aromatic N) is 4. The molecule has 6 heteroatoms. The van der Waals surface area contributed by atoms with Gasteiger partial charge in [0.1, 0.15) is 5.58 Å². The van der Waals surface area contributed by atoms with E-state index < -0.39 is 0 Å². The van der Waals surface area contributed by atoms with E-state index in [0.717, 1.165) is 101 Å². The Bertz CT molecular complexity index is 5760. The third kappa shape index (κ3) is 8.91. The summed E-state index contributed by atoms with van der Waals surface area (Å²) in [5.41, 5.74) is 29.4. The minimum atomic E-state index is -0.289. The zero-order chi connectivity index (χ0) is 65.1. The molecule has 18 rings (SSSR count). The fourth-order valence-corrected chi connectivity index (χ4v) is 15.8. The van der Waals surface area contributed by atoms with Crippen molar-refractivity contribution < 1.29 is 4.42 Å². The highest BCUT2D eigenvalue weighted by atomic mass is 16.3. The Labute approximate surface area is 561 Å². The number of rotatable bonds is 7. The number of para-hydroxylation sites is 6. The van der Waals surface area contributed by atoms with E-state index in [2.05, 4.69) is 360 Å². The van der Waals surface area contributed by atoms with E-state index in [-0.39, 0.29) is 23.0 Å². The van der Waals surface area contributed by atoms with Gasteiger partial charge in [0.2, 0.25) is 0 Å². The van der Waals surface area contributed by atoms with Gasteiger partial charge in [0.15, 0.2) is 5.58 Å². The Morgan fingerprint density at radius 2 is 0.781 bits per heavy atom. The van der Waals surface area contributed by atoms with Gasteiger partial charge < -0.3 is 23.4 Å². The van der Waals surface area contributed by atoms with E-state index >= 15 is 0 Å². The molecule has 2 aliphatic heterocycles. The lowest BCUT2D eigenvalue weighted by molar-refractivity contribution is 0.569. The molecule has 0 saturated carbocycles. The molecule has 96 heavy (non-hydrogen) atoms. The quantitative estimate of drug-likeness (QED) is 0.149. The molecule has 0 amide bonds. The van der Waals surface area contributed by atoms with Crippen molar-refractivity contribution in [1.29, 1.82) is 0 Å². The molecule has 0 spiro atoms. The van der Waals surface area contributed by atoms with Crippen LogP contribution < -0.4 is 26.2 Å². The highest BCUT2D eigenvalue weighted by Gasteiger charge is 2.46. The van der Waals surface area contributed by atoms with Crippen LogP contribution in [0.15, 0.2) is 283 Å². The minimum Gasteiger partial charge on any atom is -0.454 e. The lowest BCUT2D eigenvalue weighted by Gasteiger charge is -2.46.